The van der Waals surface area contributed by atoms with Crippen molar-refractivity contribution >= 4 is 17.3 Å². The fourth-order valence-electron chi connectivity index (χ4n) is 4.39. The molecule has 3 atom stereocenters. The number of phenols is 1. The molecule has 2 aromatic carbocycles. The Morgan fingerprint density at radius 3 is 2.93 bits per heavy atom. The van der Waals surface area contributed by atoms with E-state index in [1.807, 2.05) is 31.2 Å². The SMILES string of the molecule is CCCC(=O)Nc1ccc2c(c1)C1C=CCC1C(c1cccc(OC)c1O)N2. The van der Waals surface area contributed by atoms with Crippen LogP contribution in [0.4, 0.5) is 11.4 Å². The van der Waals surface area contributed by atoms with E-state index >= 15 is 0 Å². The van der Waals surface area contributed by atoms with Gasteiger partial charge in [0.25, 0.3) is 0 Å². The summed E-state index contributed by atoms with van der Waals surface area (Å²) in [5.74, 6) is 1.27. The minimum absolute atomic E-state index is 0.0110. The van der Waals surface area contributed by atoms with Crippen LogP contribution in [0, 0.1) is 5.92 Å². The zero-order valence-corrected chi connectivity index (χ0v) is 16.2. The maximum atomic E-state index is 12.0. The zero-order valence-electron chi connectivity index (χ0n) is 16.2. The third kappa shape index (κ3) is 3.21. The van der Waals surface area contributed by atoms with E-state index in [-0.39, 0.29) is 23.6 Å². The molecule has 28 heavy (non-hydrogen) atoms. The second-order valence-electron chi connectivity index (χ2n) is 7.47. The summed E-state index contributed by atoms with van der Waals surface area (Å²) in [7, 11) is 1.57. The number of hydrogen-bond donors (Lipinski definition) is 3. The molecule has 1 aliphatic heterocycles. The van der Waals surface area contributed by atoms with Gasteiger partial charge in [0.05, 0.1) is 13.2 Å². The Morgan fingerprint density at radius 2 is 2.14 bits per heavy atom. The van der Waals surface area contributed by atoms with Crippen molar-refractivity contribution in [2.75, 3.05) is 17.7 Å². The summed E-state index contributed by atoms with van der Waals surface area (Å²) in [6, 6.07) is 11.6. The smallest absolute Gasteiger partial charge is 0.224 e. The van der Waals surface area contributed by atoms with Gasteiger partial charge < -0.3 is 20.5 Å². The summed E-state index contributed by atoms with van der Waals surface area (Å²) in [5.41, 5.74) is 3.91. The fraction of sp³-hybridized carbons (Fsp3) is 0.348. The lowest BCUT2D eigenvalue weighted by atomic mass is 9.76. The highest BCUT2D eigenvalue weighted by Gasteiger charge is 2.39. The number of amides is 1. The molecule has 2 aliphatic rings. The first kappa shape index (κ1) is 18.4. The molecule has 0 bridgehead atoms. The topological polar surface area (TPSA) is 70.6 Å². The van der Waals surface area contributed by atoms with Crippen LogP contribution in [0.2, 0.25) is 0 Å². The van der Waals surface area contributed by atoms with Crippen molar-refractivity contribution in [1.29, 1.82) is 0 Å². The molecular weight excluding hydrogens is 352 g/mol. The van der Waals surface area contributed by atoms with Crippen LogP contribution in [0.3, 0.4) is 0 Å². The molecule has 0 radical (unpaired) electrons. The summed E-state index contributed by atoms with van der Waals surface area (Å²) in [6.07, 6.45) is 6.74. The van der Waals surface area contributed by atoms with E-state index < -0.39 is 0 Å². The number of anilines is 2. The van der Waals surface area contributed by atoms with Gasteiger partial charge >= 0.3 is 0 Å². The Kier molecular flexibility index (Phi) is 4.99. The molecule has 0 saturated carbocycles. The lowest BCUT2D eigenvalue weighted by molar-refractivity contribution is -0.116. The largest absolute Gasteiger partial charge is 0.504 e. The summed E-state index contributed by atoms with van der Waals surface area (Å²) < 4.78 is 5.30. The van der Waals surface area contributed by atoms with Gasteiger partial charge in [0.15, 0.2) is 11.5 Å². The second kappa shape index (κ2) is 7.58. The highest BCUT2D eigenvalue weighted by Crippen LogP contribution is 2.52. The van der Waals surface area contributed by atoms with Gasteiger partial charge in [0.2, 0.25) is 5.91 Å². The third-order valence-corrected chi connectivity index (χ3v) is 5.71. The van der Waals surface area contributed by atoms with Gasteiger partial charge in [-0.3, -0.25) is 4.79 Å². The summed E-state index contributed by atoms with van der Waals surface area (Å²) in [5, 5.41) is 17.3. The molecule has 3 unspecified atom stereocenters. The molecule has 5 heteroatoms. The standard InChI is InChI=1S/C23H26N2O3/c1-3-6-21(26)24-14-11-12-19-18(13-14)15-7-4-8-16(15)22(25-19)17-9-5-10-20(28-2)23(17)27/h4-5,7,9-13,15-16,22,25,27H,3,6,8H2,1-2H3,(H,24,26). The first-order valence-electron chi connectivity index (χ1n) is 9.85. The molecule has 0 aromatic heterocycles. The van der Waals surface area contributed by atoms with Gasteiger partial charge in [-0.25, -0.2) is 0 Å². The number of para-hydroxylation sites is 1. The van der Waals surface area contributed by atoms with Gasteiger partial charge in [-0.15, -0.1) is 0 Å². The van der Waals surface area contributed by atoms with Crippen LogP contribution in [0.5, 0.6) is 11.5 Å². The van der Waals surface area contributed by atoms with Crippen LogP contribution in [-0.4, -0.2) is 18.1 Å². The Morgan fingerprint density at radius 1 is 1.29 bits per heavy atom. The number of rotatable bonds is 5. The normalized spacial score (nSPS) is 22.1. The van der Waals surface area contributed by atoms with Crippen molar-refractivity contribution in [2.45, 2.75) is 38.1 Å². The molecule has 5 nitrogen and oxygen atoms in total. The molecule has 1 amide bonds. The van der Waals surface area contributed by atoms with Gasteiger partial charge in [-0.05, 0) is 48.6 Å². The van der Waals surface area contributed by atoms with E-state index in [9.17, 15) is 9.90 Å². The number of fused-ring (bicyclic) bond motifs is 3. The van der Waals surface area contributed by atoms with Crippen molar-refractivity contribution in [3.8, 4) is 11.5 Å². The predicted molar refractivity (Wildman–Crippen MR) is 111 cm³/mol. The zero-order chi connectivity index (χ0) is 19.7. The third-order valence-electron chi connectivity index (χ3n) is 5.71. The van der Waals surface area contributed by atoms with Gasteiger partial charge in [-0.1, -0.05) is 31.2 Å². The number of ether oxygens (including phenoxy) is 1. The molecule has 2 aromatic rings. The lowest BCUT2D eigenvalue weighted by Gasteiger charge is -2.38. The summed E-state index contributed by atoms with van der Waals surface area (Å²) in [4.78, 5) is 12.0. The first-order valence-corrected chi connectivity index (χ1v) is 9.85. The minimum atomic E-state index is -0.0110. The number of methoxy groups -OCH3 is 1. The number of nitrogens with one attached hydrogen (secondary N) is 2. The molecule has 3 N–H and O–H groups in total. The molecule has 0 spiro atoms. The number of phenolic OH excluding ortho intramolecular Hbond substituents is 1. The number of benzene rings is 2. The monoisotopic (exact) mass is 378 g/mol. The van der Waals surface area contributed by atoms with E-state index in [1.165, 1.54) is 5.56 Å². The fourth-order valence-corrected chi connectivity index (χ4v) is 4.39. The van der Waals surface area contributed by atoms with E-state index in [2.05, 4.69) is 28.9 Å². The van der Waals surface area contributed by atoms with Crippen molar-refractivity contribution in [3.63, 3.8) is 0 Å². The number of aromatic hydroxyl groups is 1. The van der Waals surface area contributed by atoms with Crippen LogP contribution in [0.1, 0.15) is 49.3 Å². The quantitative estimate of drug-likeness (QED) is 0.643. The van der Waals surface area contributed by atoms with Gasteiger partial charge in [0, 0.05) is 29.3 Å². The maximum absolute atomic E-state index is 12.0. The van der Waals surface area contributed by atoms with Crippen molar-refractivity contribution < 1.29 is 14.6 Å². The highest BCUT2D eigenvalue weighted by molar-refractivity contribution is 5.91. The van der Waals surface area contributed by atoms with Crippen molar-refractivity contribution in [1.82, 2.24) is 0 Å². The van der Waals surface area contributed by atoms with Crippen molar-refractivity contribution in [2.24, 2.45) is 5.92 Å². The van der Waals surface area contributed by atoms with E-state index in [1.54, 1.807) is 13.2 Å². The number of allylic oxidation sites excluding steroid dienone is 2. The lowest BCUT2D eigenvalue weighted by Crippen LogP contribution is -2.29. The van der Waals surface area contributed by atoms with Crippen LogP contribution in [-0.2, 0) is 4.79 Å². The van der Waals surface area contributed by atoms with E-state index in [0.717, 1.165) is 29.8 Å². The highest BCUT2D eigenvalue weighted by atomic mass is 16.5. The Hall–Kier alpha value is -2.95. The van der Waals surface area contributed by atoms with E-state index in [4.69, 9.17) is 4.74 Å². The second-order valence-corrected chi connectivity index (χ2v) is 7.47. The number of hydrogen-bond acceptors (Lipinski definition) is 4. The average molecular weight is 378 g/mol. The Bertz CT molecular complexity index is 922. The number of carbonyl (C=O) groups excluding carboxylic acids is 1. The molecule has 146 valence electrons. The molecule has 1 heterocycles. The maximum Gasteiger partial charge on any atom is 0.224 e. The average Bonchev–Trinajstić information content (AvgIpc) is 3.18. The van der Waals surface area contributed by atoms with Crippen LogP contribution in [0.15, 0.2) is 48.6 Å². The van der Waals surface area contributed by atoms with Crippen LogP contribution >= 0.6 is 0 Å². The molecule has 0 fully saturated rings. The minimum Gasteiger partial charge on any atom is -0.504 e. The first-order chi connectivity index (χ1) is 13.6. The molecule has 4 rings (SSSR count). The summed E-state index contributed by atoms with van der Waals surface area (Å²) in [6.45, 7) is 2.00. The molecular formula is C23H26N2O3. The van der Waals surface area contributed by atoms with Gasteiger partial charge in [0.1, 0.15) is 0 Å². The van der Waals surface area contributed by atoms with Crippen LogP contribution in [0.25, 0.3) is 0 Å². The van der Waals surface area contributed by atoms with Gasteiger partial charge in [-0.2, -0.15) is 0 Å². The molecule has 1 aliphatic carbocycles. The predicted octanol–water partition coefficient (Wildman–Crippen LogP) is 4.97. The Balaban J connectivity index is 1.68. The summed E-state index contributed by atoms with van der Waals surface area (Å²) >= 11 is 0. The van der Waals surface area contributed by atoms with Crippen LogP contribution < -0.4 is 15.4 Å². The Labute approximate surface area is 165 Å². The van der Waals surface area contributed by atoms with Crippen molar-refractivity contribution in [3.05, 3.63) is 59.7 Å². The number of carbonyl (C=O) groups is 1. The molecule has 0 saturated heterocycles. The van der Waals surface area contributed by atoms with E-state index in [0.29, 0.717) is 18.1 Å².